The Morgan fingerprint density at radius 1 is 0.931 bits per heavy atom. The molecular weight excluding hydrogens is 410 g/mol. The molecule has 0 saturated heterocycles. The summed E-state index contributed by atoms with van der Waals surface area (Å²) in [7, 11) is -3.74. The third-order valence-corrected chi connectivity index (χ3v) is 5.63. The number of hydrazone groups is 1. The zero-order chi connectivity index (χ0) is 20.9. The third-order valence-electron chi connectivity index (χ3n) is 3.98. The highest BCUT2D eigenvalue weighted by atomic mass is 35.5. The fraction of sp³-hybridized carbons (Fsp3) is 0.0476. The van der Waals surface area contributed by atoms with Crippen LogP contribution < -0.4 is 10.1 Å². The number of aryl methyl sites for hydroxylation is 1. The fourth-order valence-corrected chi connectivity index (χ4v) is 3.58. The maximum Gasteiger partial charge on any atom is 0.271 e. The highest BCUT2D eigenvalue weighted by Gasteiger charge is 2.14. The van der Waals surface area contributed by atoms with Gasteiger partial charge in [-0.1, -0.05) is 41.4 Å². The molecule has 0 radical (unpaired) electrons. The van der Waals surface area contributed by atoms with E-state index in [0.717, 1.165) is 11.1 Å². The van der Waals surface area contributed by atoms with Crippen LogP contribution in [-0.4, -0.2) is 20.5 Å². The van der Waals surface area contributed by atoms with Crippen molar-refractivity contribution in [2.75, 3.05) is 4.72 Å². The summed E-state index contributed by atoms with van der Waals surface area (Å²) >= 11 is 5.78. The van der Waals surface area contributed by atoms with Crippen LogP contribution in [0.3, 0.4) is 0 Å². The molecule has 3 aromatic rings. The largest absolute Gasteiger partial charge is 0.280 e. The van der Waals surface area contributed by atoms with Gasteiger partial charge in [0.1, 0.15) is 0 Å². The van der Waals surface area contributed by atoms with Crippen LogP contribution in [0.4, 0.5) is 5.69 Å². The highest BCUT2D eigenvalue weighted by Crippen LogP contribution is 2.18. The van der Waals surface area contributed by atoms with Gasteiger partial charge < -0.3 is 0 Å². The van der Waals surface area contributed by atoms with Crippen molar-refractivity contribution in [2.24, 2.45) is 5.10 Å². The van der Waals surface area contributed by atoms with Gasteiger partial charge >= 0.3 is 0 Å². The fourth-order valence-electron chi connectivity index (χ4n) is 2.40. The molecule has 148 valence electrons. The van der Waals surface area contributed by atoms with Gasteiger partial charge in [-0.15, -0.1) is 0 Å². The summed E-state index contributed by atoms with van der Waals surface area (Å²) in [6.45, 7) is 1.99. The van der Waals surface area contributed by atoms with E-state index in [2.05, 4.69) is 15.2 Å². The van der Waals surface area contributed by atoms with E-state index < -0.39 is 15.9 Å². The number of carbonyl (C=O) groups excluding carboxylic acids is 1. The summed E-state index contributed by atoms with van der Waals surface area (Å²) < 4.78 is 27.2. The van der Waals surface area contributed by atoms with Gasteiger partial charge in [0, 0.05) is 16.3 Å². The number of benzene rings is 3. The first-order chi connectivity index (χ1) is 13.8. The van der Waals surface area contributed by atoms with Crippen LogP contribution in [0, 0.1) is 6.92 Å². The minimum absolute atomic E-state index is 0.0918. The van der Waals surface area contributed by atoms with Crippen LogP contribution >= 0.6 is 11.6 Å². The summed E-state index contributed by atoms with van der Waals surface area (Å²) in [5, 5.41) is 4.38. The predicted octanol–water partition coefficient (Wildman–Crippen LogP) is 4.21. The van der Waals surface area contributed by atoms with E-state index in [-0.39, 0.29) is 4.90 Å². The number of amides is 1. The van der Waals surface area contributed by atoms with Crippen molar-refractivity contribution in [2.45, 2.75) is 11.8 Å². The maximum atomic E-state index is 12.4. The SMILES string of the molecule is Cc1ccc(/C=N/NC(=O)c2ccc(NS(=O)(=O)c3ccc(Cl)cc3)cc2)cc1. The normalized spacial score (nSPS) is 11.4. The molecule has 0 heterocycles. The lowest BCUT2D eigenvalue weighted by Gasteiger charge is -2.08. The monoisotopic (exact) mass is 427 g/mol. The molecule has 3 aromatic carbocycles. The van der Waals surface area contributed by atoms with Gasteiger partial charge in [0.15, 0.2) is 0 Å². The Morgan fingerprint density at radius 3 is 2.17 bits per heavy atom. The minimum atomic E-state index is -3.74. The van der Waals surface area contributed by atoms with Crippen LogP contribution in [0.25, 0.3) is 0 Å². The van der Waals surface area contributed by atoms with Crippen molar-refractivity contribution >= 4 is 39.4 Å². The van der Waals surface area contributed by atoms with Crippen molar-refractivity contribution < 1.29 is 13.2 Å². The average Bonchev–Trinajstić information content (AvgIpc) is 2.70. The van der Waals surface area contributed by atoms with Gasteiger partial charge in [-0.05, 0) is 61.0 Å². The predicted molar refractivity (Wildman–Crippen MR) is 115 cm³/mol. The second kappa shape index (κ2) is 8.89. The molecule has 29 heavy (non-hydrogen) atoms. The Morgan fingerprint density at radius 2 is 1.55 bits per heavy atom. The van der Waals surface area contributed by atoms with E-state index in [4.69, 9.17) is 11.6 Å². The number of nitrogens with zero attached hydrogens (tertiary/aromatic N) is 1. The number of hydrogen-bond donors (Lipinski definition) is 2. The van der Waals surface area contributed by atoms with E-state index >= 15 is 0 Å². The first kappa shape index (κ1) is 20.6. The van der Waals surface area contributed by atoms with Crippen LogP contribution in [0.2, 0.25) is 5.02 Å². The molecule has 0 aliphatic rings. The molecule has 0 saturated carbocycles. The van der Waals surface area contributed by atoms with Crippen molar-refractivity contribution in [1.82, 2.24) is 5.43 Å². The van der Waals surface area contributed by atoms with Gasteiger partial charge in [-0.25, -0.2) is 13.8 Å². The minimum Gasteiger partial charge on any atom is -0.280 e. The second-order valence-electron chi connectivity index (χ2n) is 6.25. The first-order valence-corrected chi connectivity index (χ1v) is 10.5. The van der Waals surface area contributed by atoms with Crippen LogP contribution in [-0.2, 0) is 10.0 Å². The number of nitrogens with one attached hydrogen (secondary N) is 2. The molecule has 8 heteroatoms. The molecule has 0 atom stereocenters. The molecule has 3 rings (SSSR count). The lowest BCUT2D eigenvalue weighted by atomic mass is 10.2. The van der Waals surface area contributed by atoms with E-state index in [1.165, 1.54) is 48.5 Å². The molecule has 0 aliphatic heterocycles. The topological polar surface area (TPSA) is 87.6 Å². The molecule has 6 nitrogen and oxygen atoms in total. The van der Waals surface area contributed by atoms with Gasteiger partial charge in [-0.3, -0.25) is 9.52 Å². The summed E-state index contributed by atoms with van der Waals surface area (Å²) in [5.74, 6) is -0.402. The summed E-state index contributed by atoms with van der Waals surface area (Å²) in [6, 6.07) is 19.6. The number of carbonyl (C=O) groups is 1. The lowest BCUT2D eigenvalue weighted by molar-refractivity contribution is 0.0955. The van der Waals surface area contributed by atoms with E-state index in [1.807, 2.05) is 31.2 Å². The van der Waals surface area contributed by atoms with Gasteiger partial charge in [0.05, 0.1) is 11.1 Å². The van der Waals surface area contributed by atoms with E-state index in [0.29, 0.717) is 16.3 Å². The lowest BCUT2D eigenvalue weighted by Crippen LogP contribution is -2.18. The molecule has 2 N–H and O–H groups in total. The molecular formula is C21H18ClN3O3S. The molecule has 0 fully saturated rings. The Balaban J connectivity index is 1.62. The van der Waals surface area contributed by atoms with Crippen LogP contribution in [0.5, 0.6) is 0 Å². The van der Waals surface area contributed by atoms with Crippen LogP contribution in [0.15, 0.2) is 82.8 Å². The number of anilines is 1. The van der Waals surface area contributed by atoms with Crippen molar-refractivity contribution in [1.29, 1.82) is 0 Å². The summed E-state index contributed by atoms with van der Waals surface area (Å²) in [5.41, 5.74) is 5.12. The van der Waals surface area contributed by atoms with Crippen molar-refractivity contribution in [3.8, 4) is 0 Å². The Hall–Kier alpha value is -3.16. The average molecular weight is 428 g/mol. The zero-order valence-corrected chi connectivity index (χ0v) is 17.0. The van der Waals surface area contributed by atoms with Gasteiger partial charge in [-0.2, -0.15) is 5.10 Å². The molecule has 1 amide bonds. The second-order valence-corrected chi connectivity index (χ2v) is 8.37. The van der Waals surface area contributed by atoms with Crippen molar-refractivity contribution in [3.63, 3.8) is 0 Å². The van der Waals surface area contributed by atoms with Gasteiger partial charge in [0.2, 0.25) is 0 Å². The van der Waals surface area contributed by atoms with Gasteiger partial charge in [0.25, 0.3) is 15.9 Å². The van der Waals surface area contributed by atoms with E-state index in [9.17, 15) is 13.2 Å². The molecule has 0 bridgehead atoms. The maximum absolute atomic E-state index is 12.4. The Kier molecular flexibility index (Phi) is 6.31. The molecule has 0 spiro atoms. The van der Waals surface area contributed by atoms with Crippen molar-refractivity contribution in [3.05, 3.63) is 94.5 Å². The number of hydrogen-bond acceptors (Lipinski definition) is 4. The number of sulfonamides is 1. The highest BCUT2D eigenvalue weighted by molar-refractivity contribution is 7.92. The van der Waals surface area contributed by atoms with E-state index in [1.54, 1.807) is 6.21 Å². The third kappa shape index (κ3) is 5.66. The summed E-state index contributed by atoms with van der Waals surface area (Å²) in [6.07, 6.45) is 1.55. The Bertz CT molecular complexity index is 1130. The molecule has 0 aromatic heterocycles. The quantitative estimate of drug-likeness (QED) is 0.456. The van der Waals surface area contributed by atoms with Crippen LogP contribution in [0.1, 0.15) is 21.5 Å². The zero-order valence-electron chi connectivity index (χ0n) is 15.5. The number of halogens is 1. The number of rotatable bonds is 6. The first-order valence-electron chi connectivity index (χ1n) is 8.62. The summed E-state index contributed by atoms with van der Waals surface area (Å²) in [4.78, 5) is 12.3. The Labute approximate surface area is 174 Å². The molecule has 0 aliphatic carbocycles. The molecule has 0 unspecified atom stereocenters. The standard InChI is InChI=1S/C21H18ClN3O3S/c1-15-2-4-16(5-3-15)14-23-24-21(26)17-6-10-19(11-7-17)25-29(27,28)20-12-8-18(22)9-13-20/h2-14,25H,1H3,(H,24,26)/b23-14+. The smallest absolute Gasteiger partial charge is 0.271 e.